The van der Waals surface area contributed by atoms with E-state index in [1.54, 1.807) is 12.3 Å². The van der Waals surface area contributed by atoms with Gasteiger partial charge >= 0.3 is 0 Å². The first kappa shape index (κ1) is 25.6. The quantitative estimate of drug-likeness (QED) is 0.520. The predicted octanol–water partition coefficient (Wildman–Crippen LogP) is 5.30. The van der Waals surface area contributed by atoms with Gasteiger partial charge in [0.15, 0.2) is 0 Å². The number of benzene rings is 1. The van der Waals surface area contributed by atoms with E-state index in [1.807, 2.05) is 0 Å². The standard InChI is InChI=1S/C31H43FN2O3/c1-17(4-9-28-33-16-18-5-6-20(32)14-25(18)34-28)22-7-8-23-29-24(15-27(37)31(22,23)3)30(2)11-10-21(35)12-19(30)13-26(29)36/h5-6,14,16-17,19,21-24,26-27,29,35-37H,4,7-13,15H2,1-3H3/t17-,19+,21-,22-,23+,24+,26-,27+,29+,30+,31-/m1/s1. The van der Waals surface area contributed by atoms with Gasteiger partial charge in [0.25, 0.3) is 0 Å². The van der Waals surface area contributed by atoms with Crippen LogP contribution in [0, 0.1) is 52.2 Å². The van der Waals surface area contributed by atoms with Gasteiger partial charge in [0.1, 0.15) is 11.6 Å². The second kappa shape index (κ2) is 9.24. The van der Waals surface area contributed by atoms with Crippen LogP contribution in [0.25, 0.3) is 10.9 Å². The van der Waals surface area contributed by atoms with Crippen molar-refractivity contribution < 1.29 is 19.7 Å². The third-order valence-corrected chi connectivity index (χ3v) is 11.9. The third-order valence-electron chi connectivity index (χ3n) is 11.9. The van der Waals surface area contributed by atoms with E-state index in [2.05, 4.69) is 30.7 Å². The van der Waals surface area contributed by atoms with Gasteiger partial charge in [-0.3, -0.25) is 0 Å². The van der Waals surface area contributed by atoms with E-state index in [0.29, 0.717) is 35.1 Å². The molecule has 0 radical (unpaired) electrons. The van der Waals surface area contributed by atoms with E-state index < -0.39 is 0 Å². The second-order valence-electron chi connectivity index (χ2n) is 13.5. The largest absolute Gasteiger partial charge is 0.393 e. The maximum Gasteiger partial charge on any atom is 0.128 e. The van der Waals surface area contributed by atoms with E-state index in [-0.39, 0.29) is 40.9 Å². The van der Waals surface area contributed by atoms with Crippen LogP contribution in [0.2, 0.25) is 0 Å². The minimum Gasteiger partial charge on any atom is -0.393 e. The molecule has 11 atom stereocenters. The highest BCUT2D eigenvalue weighted by Crippen LogP contribution is 2.68. The molecule has 4 aliphatic carbocycles. The molecular weight excluding hydrogens is 467 g/mol. The average molecular weight is 511 g/mol. The van der Waals surface area contributed by atoms with Gasteiger partial charge in [-0.2, -0.15) is 0 Å². The fourth-order valence-corrected chi connectivity index (χ4v) is 9.84. The Hall–Kier alpha value is -1.63. The lowest BCUT2D eigenvalue weighted by Crippen LogP contribution is -2.62. The summed E-state index contributed by atoms with van der Waals surface area (Å²) < 4.78 is 13.7. The lowest BCUT2D eigenvalue weighted by molar-refractivity contribution is -0.207. The van der Waals surface area contributed by atoms with Crippen molar-refractivity contribution in [3.63, 3.8) is 0 Å². The number of hydrogen-bond acceptors (Lipinski definition) is 5. The summed E-state index contributed by atoms with van der Waals surface area (Å²) in [7, 11) is 0. The van der Waals surface area contributed by atoms with Crippen LogP contribution < -0.4 is 0 Å². The summed E-state index contributed by atoms with van der Waals surface area (Å²) in [5, 5.41) is 34.4. The molecule has 1 aromatic carbocycles. The maximum absolute atomic E-state index is 13.7. The molecule has 0 bridgehead atoms. The molecule has 0 aliphatic heterocycles. The Balaban J connectivity index is 1.20. The van der Waals surface area contributed by atoms with Crippen LogP contribution in [0.3, 0.4) is 0 Å². The van der Waals surface area contributed by atoms with Crippen LogP contribution >= 0.6 is 0 Å². The van der Waals surface area contributed by atoms with Crippen molar-refractivity contribution in [2.75, 3.05) is 0 Å². The van der Waals surface area contributed by atoms with E-state index in [1.165, 1.54) is 12.1 Å². The number of aliphatic hydroxyl groups excluding tert-OH is 3. The van der Waals surface area contributed by atoms with E-state index in [4.69, 9.17) is 0 Å². The van der Waals surface area contributed by atoms with Crippen molar-refractivity contribution in [1.29, 1.82) is 0 Å². The summed E-state index contributed by atoms with van der Waals surface area (Å²) >= 11 is 0. The maximum atomic E-state index is 13.7. The first-order chi connectivity index (χ1) is 17.6. The molecule has 4 aliphatic rings. The van der Waals surface area contributed by atoms with Gasteiger partial charge in [-0.1, -0.05) is 20.8 Å². The van der Waals surface area contributed by atoms with Crippen molar-refractivity contribution in [3.8, 4) is 0 Å². The zero-order valence-corrected chi connectivity index (χ0v) is 22.5. The summed E-state index contributed by atoms with van der Waals surface area (Å²) in [6.45, 7) is 6.98. The lowest BCUT2D eigenvalue weighted by Gasteiger charge is -2.63. The van der Waals surface area contributed by atoms with Gasteiger partial charge in [0.05, 0.1) is 23.8 Å². The Morgan fingerprint density at radius 1 is 1.05 bits per heavy atom. The van der Waals surface area contributed by atoms with E-state index in [0.717, 1.165) is 69.0 Å². The molecule has 0 saturated heterocycles. The number of fused-ring (bicyclic) bond motifs is 6. The van der Waals surface area contributed by atoms with Crippen molar-refractivity contribution in [2.45, 2.75) is 96.9 Å². The van der Waals surface area contributed by atoms with Crippen LogP contribution in [0.4, 0.5) is 4.39 Å². The molecule has 3 N–H and O–H groups in total. The number of rotatable bonds is 4. The molecule has 4 fully saturated rings. The first-order valence-corrected chi connectivity index (χ1v) is 14.6. The van der Waals surface area contributed by atoms with Crippen LogP contribution in [0.15, 0.2) is 24.4 Å². The highest BCUT2D eigenvalue weighted by molar-refractivity contribution is 5.77. The Morgan fingerprint density at radius 3 is 2.68 bits per heavy atom. The molecule has 5 nitrogen and oxygen atoms in total. The van der Waals surface area contributed by atoms with E-state index >= 15 is 0 Å². The highest BCUT2D eigenvalue weighted by atomic mass is 19.1. The molecule has 2 aromatic rings. The highest BCUT2D eigenvalue weighted by Gasteiger charge is 2.65. The smallest absolute Gasteiger partial charge is 0.128 e. The van der Waals surface area contributed by atoms with Crippen molar-refractivity contribution in [1.82, 2.24) is 9.97 Å². The Labute approximate surface area is 219 Å². The average Bonchev–Trinajstić information content (AvgIpc) is 3.22. The van der Waals surface area contributed by atoms with Gasteiger partial charge in [-0.15, -0.1) is 0 Å². The molecule has 37 heavy (non-hydrogen) atoms. The summed E-state index contributed by atoms with van der Waals surface area (Å²) in [5.74, 6) is 2.47. The molecule has 1 aromatic heterocycles. The van der Waals surface area contributed by atoms with Crippen LogP contribution in [-0.2, 0) is 6.42 Å². The summed E-state index contributed by atoms with van der Waals surface area (Å²) in [6, 6.07) is 4.62. The second-order valence-corrected chi connectivity index (χ2v) is 13.5. The molecule has 1 heterocycles. The number of halogens is 1. The van der Waals surface area contributed by atoms with Crippen LogP contribution in [0.1, 0.15) is 78.0 Å². The van der Waals surface area contributed by atoms with E-state index in [9.17, 15) is 19.7 Å². The van der Waals surface area contributed by atoms with Gasteiger partial charge in [0.2, 0.25) is 0 Å². The molecule has 4 saturated carbocycles. The summed E-state index contributed by atoms with van der Waals surface area (Å²) in [5.41, 5.74) is 0.543. The summed E-state index contributed by atoms with van der Waals surface area (Å²) in [4.78, 5) is 9.14. The molecule has 202 valence electrons. The Kier molecular flexibility index (Phi) is 6.40. The minimum atomic E-state index is -0.372. The number of aromatic nitrogens is 2. The van der Waals surface area contributed by atoms with Gasteiger partial charge in [-0.05, 0) is 110 Å². The zero-order valence-electron chi connectivity index (χ0n) is 22.5. The Bertz CT molecular complexity index is 1160. The van der Waals surface area contributed by atoms with Gasteiger partial charge in [0, 0.05) is 24.1 Å². The van der Waals surface area contributed by atoms with Crippen LogP contribution in [-0.4, -0.2) is 43.6 Å². The zero-order chi connectivity index (χ0) is 26.1. The van der Waals surface area contributed by atoms with Crippen molar-refractivity contribution >= 4 is 10.9 Å². The van der Waals surface area contributed by atoms with Crippen molar-refractivity contribution in [3.05, 3.63) is 36.0 Å². The SMILES string of the molecule is C[C@H](CCc1ncc2ccc(F)cc2n1)[C@H]1CC[C@H]2[C@@H]3[C@H](O)C[C@@H]4C[C@H](O)CC[C@]4(C)[C@H]3C[C@H](O)[C@]12C. The monoisotopic (exact) mass is 510 g/mol. The third kappa shape index (κ3) is 4.04. The normalized spacial score (nSPS) is 44.2. The molecule has 0 unspecified atom stereocenters. The minimum absolute atomic E-state index is 0.0992. The van der Waals surface area contributed by atoms with Crippen molar-refractivity contribution in [2.24, 2.45) is 46.3 Å². The molecule has 6 heteroatoms. The molecule has 0 amide bonds. The first-order valence-electron chi connectivity index (χ1n) is 14.6. The topological polar surface area (TPSA) is 86.5 Å². The molecular formula is C31H43FN2O3. The number of aryl methyl sites for hydroxylation is 1. The van der Waals surface area contributed by atoms with Crippen LogP contribution in [0.5, 0.6) is 0 Å². The number of hydrogen-bond donors (Lipinski definition) is 3. The fourth-order valence-electron chi connectivity index (χ4n) is 9.84. The Morgan fingerprint density at radius 2 is 1.86 bits per heavy atom. The van der Waals surface area contributed by atoms with Gasteiger partial charge in [-0.25, -0.2) is 14.4 Å². The molecule has 6 rings (SSSR count). The number of nitrogens with zero attached hydrogens (tertiary/aromatic N) is 2. The number of aliphatic hydroxyl groups is 3. The molecule has 0 spiro atoms. The summed E-state index contributed by atoms with van der Waals surface area (Å²) in [6.07, 6.45) is 8.81. The van der Waals surface area contributed by atoms with Gasteiger partial charge < -0.3 is 15.3 Å². The fraction of sp³-hybridized carbons (Fsp3) is 0.742. The lowest BCUT2D eigenvalue weighted by atomic mass is 9.43. The predicted molar refractivity (Wildman–Crippen MR) is 141 cm³/mol.